The molecule has 0 radical (unpaired) electrons. The van der Waals surface area contributed by atoms with Crippen LogP contribution in [0.3, 0.4) is 0 Å². The zero-order chi connectivity index (χ0) is 11.7. The second-order valence-corrected chi connectivity index (χ2v) is 4.30. The Balaban J connectivity index is 2.38. The van der Waals surface area contributed by atoms with Crippen LogP contribution in [0.4, 0.5) is 5.69 Å². The topological polar surface area (TPSA) is 33.6 Å². The molecule has 0 fully saturated rings. The van der Waals surface area contributed by atoms with Crippen molar-refractivity contribution in [1.82, 2.24) is 0 Å². The summed E-state index contributed by atoms with van der Waals surface area (Å²) >= 11 is 0. The predicted octanol–water partition coefficient (Wildman–Crippen LogP) is 2.72. The van der Waals surface area contributed by atoms with E-state index < -0.39 is 0 Å². The zero-order valence-electron chi connectivity index (χ0n) is 10.3. The minimum Gasteiger partial charge on any atom is -0.463 e. The number of aryl methyl sites for hydroxylation is 2. The monoisotopic (exact) mass is 218 g/mol. The van der Waals surface area contributed by atoms with Crippen LogP contribution < -0.4 is 5.32 Å². The van der Waals surface area contributed by atoms with Gasteiger partial charge in [-0.05, 0) is 49.9 Å². The van der Waals surface area contributed by atoms with Crippen molar-refractivity contribution in [3.05, 3.63) is 28.3 Å². The molecule has 1 aliphatic heterocycles. The van der Waals surface area contributed by atoms with Crippen molar-refractivity contribution >= 4 is 11.7 Å². The van der Waals surface area contributed by atoms with Crippen LogP contribution >= 0.6 is 0 Å². The first-order chi connectivity index (χ1) is 7.59. The van der Waals surface area contributed by atoms with Gasteiger partial charge in [0.1, 0.15) is 6.61 Å². The molecule has 1 N–H and O–H groups in total. The second kappa shape index (κ2) is 4.16. The Morgan fingerprint density at radius 1 is 1.12 bits per heavy atom. The third kappa shape index (κ3) is 1.90. The minimum absolute atomic E-state index is 0.649. The highest BCUT2D eigenvalue weighted by molar-refractivity contribution is 5.92. The standard InChI is InChI=1S/C13H18N2O/c1-8-7-9(2)11(4)12(10(8)3)15-13-14-5-6-16-13/h7H,5-6H2,1-4H3,(H,14,15). The lowest BCUT2D eigenvalue weighted by atomic mass is 9.99. The number of hydrogen-bond donors (Lipinski definition) is 1. The van der Waals surface area contributed by atoms with Crippen molar-refractivity contribution in [3.8, 4) is 0 Å². The SMILES string of the molecule is Cc1cc(C)c(C)c(NC2=NCCO2)c1C. The highest BCUT2D eigenvalue weighted by Gasteiger charge is 2.13. The van der Waals surface area contributed by atoms with Crippen LogP contribution in [0.1, 0.15) is 22.3 Å². The van der Waals surface area contributed by atoms with E-state index in [9.17, 15) is 0 Å². The summed E-state index contributed by atoms with van der Waals surface area (Å²) in [6.07, 6.45) is 0. The average Bonchev–Trinajstić information content (AvgIpc) is 2.74. The van der Waals surface area contributed by atoms with Gasteiger partial charge in [0, 0.05) is 5.69 Å². The van der Waals surface area contributed by atoms with Crippen LogP contribution in [0, 0.1) is 27.7 Å². The van der Waals surface area contributed by atoms with E-state index in [-0.39, 0.29) is 0 Å². The van der Waals surface area contributed by atoms with E-state index in [4.69, 9.17) is 4.74 Å². The van der Waals surface area contributed by atoms with Crippen LogP contribution in [0.25, 0.3) is 0 Å². The Labute approximate surface area is 96.5 Å². The van der Waals surface area contributed by atoms with Crippen molar-refractivity contribution in [2.24, 2.45) is 4.99 Å². The molecule has 2 rings (SSSR count). The number of benzene rings is 1. The normalized spacial score (nSPS) is 14.6. The van der Waals surface area contributed by atoms with E-state index in [1.807, 2.05) is 0 Å². The second-order valence-electron chi connectivity index (χ2n) is 4.30. The van der Waals surface area contributed by atoms with Crippen LogP contribution in [-0.4, -0.2) is 19.2 Å². The summed E-state index contributed by atoms with van der Waals surface area (Å²) in [7, 11) is 0. The van der Waals surface area contributed by atoms with Gasteiger partial charge in [0.05, 0.1) is 6.54 Å². The highest BCUT2D eigenvalue weighted by Crippen LogP contribution is 2.26. The predicted molar refractivity (Wildman–Crippen MR) is 67.3 cm³/mol. The fraction of sp³-hybridized carbons (Fsp3) is 0.462. The maximum atomic E-state index is 5.39. The van der Waals surface area contributed by atoms with Crippen molar-refractivity contribution in [1.29, 1.82) is 0 Å². The molecule has 0 spiro atoms. The third-order valence-electron chi connectivity index (χ3n) is 3.18. The molecule has 0 unspecified atom stereocenters. The summed E-state index contributed by atoms with van der Waals surface area (Å²) < 4.78 is 5.39. The van der Waals surface area contributed by atoms with E-state index in [1.165, 1.54) is 22.3 Å². The molecule has 1 aromatic carbocycles. The van der Waals surface area contributed by atoms with Gasteiger partial charge in [-0.1, -0.05) is 6.07 Å². The molecule has 0 aliphatic carbocycles. The van der Waals surface area contributed by atoms with Crippen molar-refractivity contribution in [2.75, 3.05) is 18.5 Å². The number of nitrogens with zero attached hydrogens (tertiary/aromatic N) is 1. The van der Waals surface area contributed by atoms with Gasteiger partial charge in [-0.2, -0.15) is 0 Å². The van der Waals surface area contributed by atoms with Crippen molar-refractivity contribution in [2.45, 2.75) is 27.7 Å². The third-order valence-corrected chi connectivity index (χ3v) is 3.18. The molecule has 0 saturated carbocycles. The molecule has 1 aromatic rings. The van der Waals surface area contributed by atoms with Gasteiger partial charge < -0.3 is 10.1 Å². The fourth-order valence-corrected chi connectivity index (χ4v) is 1.92. The van der Waals surface area contributed by atoms with Gasteiger partial charge in [0.2, 0.25) is 0 Å². The molecule has 0 aromatic heterocycles. The average molecular weight is 218 g/mol. The smallest absolute Gasteiger partial charge is 0.289 e. The van der Waals surface area contributed by atoms with Crippen molar-refractivity contribution < 1.29 is 4.74 Å². The molecule has 0 bridgehead atoms. The van der Waals surface area contributed by atoms with E-state index in [2.05, 4.69) is 44.1 Å². The van der Waals surface area contributed by atoms with Gasteiger partial charge in [-0.15, -0.1) is 0 Å². The maximum Gasteiger partial charge on any atom is 0.289 e. The van der Waals surface area contributed by atoms with Gasteiger partial charge in [0.15, 0.2) is 0 Å². The summed E-state index contributed by atoms with van der Waals surface area (Å²) in [6.45, 7) is 9.95. The van der Waals surface area contributed by atoms with E-state index in [0.29, 0.717) is 12.6 Å². The molecular formula is C13H18N2O. The summed E-state index contributed by atoms with van der Waals surface area (Å²) in [5.74, 6) is 0. The number of ether oxygens (including phenoxy) is 1. The quantitative estimate of drug-likeness (QED) is 0.786. The van der Waals surface area contributed by atoms with Crippen LogP contribution in [0.15, 0.2) is 11.1 Å². The summed E-state index contributed by atoms with van der Waals surface area (Å²) in [4.78, 5) is 4.26. The zero-order valence-corrected chi connectivity index (χ0v) is 10.3. The van der Waals surface area contributed by atoms with Gasteiger partial charge in [-0.25, -0.2) is 4.99 Å². The molecule has 0 saturated heterocycles. The molecule has 1 heterocycles. The number of rotatable bonds is 1. The minimum atomic E-state index is 0.649. The molecular weight excluding hydrogens is 200 g/mol. The van der Waals surface area contributed by atoms with Gasteiger partial charge in [-0.3, -0.25) is 0 Å². The Morgan fingerprint density at radius 3 is 2.25 bits per heavy atom. The Bertz CT molecular complexity index is 423. The molecule has 16 heavy (non-hydrogen) atoms. The number of anilines is 1. The molecule has 1 aliphatic rings. The summed E-state index contributed by atoms with van der Waals surface area (Å²) in [5.41, 5.74) is 6.26. The van der Waals surface area contributed by atoms with Crippen LogP contribution in [-0.2, 0) is 4.74 Å². The molecule has 0 atom stereocenters. The fourth-order valence-electron chi connectivity index (χ4n) is 1.92. The highest BCUT2D eigenvalue weighted by atomic mass is 16.5. The first-order valence-electron chi connectivity index (χ1n) is 5.61. The summed E-state index contributed by atoms with van der Waals surface area (Å²) in [5, 5.41) is 3.29. The lowest BCUT2D eigenvalue weighted by Crippen LogP contribution is -2.14. The lowest BCUT2D eigenvalue weighted by Gasteiger charge is -2.16. The van der Waals surface area contributed by atoms with Gasteiger partial charge >= 0.3 is 0 Å². The maximum absolute atomic E-state index is 5.39. The molecule has 3 heteroatoms. The Morgan fingerprint density at radius 2 is 1.75 bits per heavy atom. The van der Waals surface area contributed by atoms with Crippen LogP contribution in [0.2, 0.25) is 0 Å². The van der Waals surface area contributed by atoms with Gasteiger partial charge in [0.25, 0.3) is 6.02 Å². The lowest BCUT2D eigenvalue weighted by molar-refractivity contribution is 0.346. The van der Waals surface area contributed by atoms with E-state index >= 15 is 0 Å². The number of hydrogen-bond acceptors (Lipinski definition) is 3. The molecule has 0 amide bonds. The molecule has 86 valence electrons. The number of amidine groups is 1. The Hall–Kier alpha value is -1.51. The number of aliphatic imine (C=N–C) groups is 1. The van der Waals surface area contributed by atoms with Crippen LogP contribution in [0.5, 0.6) is 0 Å². The summed E-state index contributed by atoms with van der Waals surface area (Å²) in [6, 6.07) is 2.86. The molecule has 3 nitrogen and oxygen atoms in total. The van der Waals surface area contributed by atoms with Crippen molar-refractivity contribution in [3.63, 3.8) is 0 Å². The number of nitrogens with one attached hydrogen (secondary N) is 1. The Kier molecular flexibility index (Phi) is 2.86. The first-order valence-corrected chi connectivity index (χ1v) is 5.61. The first kappa shape index (κ1) is 11.0. The largest absolute Gasteiger partial charge is 0.463 e. The van der Waals surface area contributed by atoms with E-state index in [0.717, 1.165) is 12.2 Å². The van der Waals surface area contributed by atoms with E-state index in [1.54, 1.807) is 0 Å².